The largest absolute Gasteiger partial charge is 0.314 e. The number of aryl methyl sites for hydroxylation is 1. The third-order valence-electron chi connectivity index (χ3n) is 1.47. The maximum Gasteiger partial charge on any atom is 0.0933 e. The summed E-state index contributed by atoms with van der Waals surface area (Å²) >= 11 is 0. The van der Waals surface area contributed by atoms with Crippen LogP contribution in [-0.2, 0) is 0 Å². The fraction of sp³-hybridized carbons (Fsp3) is 0.222. The molecule has 0 aliphatic heterocycles. The molecule has 0 bridgehead atoms. The SMILES string of the molecule is C#CC(N)c1ccc(C)nc1. The van der Waals surface area contributed by atoms with Gasteiger partial charge in [-0.1, -0.05) is 12.0 Å². The van der Waals surface area contributed by atoms with Crippen molar-refractivity contribution < 1.29 is 0 Å². The highest BCUT2D eigenvalue weighted by Crippen LogP contribution is 2.06. The molecular weight excluding hydrogens is 136 g/mol. The van der Waals surface area contributed by atoms with E-state index in [-0.39, 0.29) is 6.04 Å². The Morgan fingerprint density at radius 1 is 1.64 bits per heavy atom. The Morgan fingerprint density at radius 2 is 2.36 bits per heavy atom. The zero-order valence-electron chi connectivity index (χ0n) is 6.41. The molecule has 56 valence electrons. The summed E-state index contributed by atoms with van der Waals surface area (Å²) < 4.78 is 0. The van der Waals surface area contributed by atoms with Gasteiger partial charge in [-0.15, -0.1) is 6.42 Å². The third-order valence-corrected chi connectivity index (χ3v) is 1.47. The summed E-state index contributed by atoms with van der Waals surface area (Å²) in [4.78, 5) is 4.07. The van der Waals surface area contributed by atoms with E-state index in [0.29, 0.717) is 0 Å². The fourth-order valence-corrected chi connectivity index (χ4v) is 0.759. The van der Waals surface area contributed by atoms with E-state index >= 15 is 0 Å². The predicted octanol–water partition coefficient (Wildman–Crippen LogP) is 1.02. The molecule has 0 aliphatic rings. The van der Waals surface area contributed by atoms with Crippen molar-refractivity contribution in [2.45, 2.75) is 13.0 Å². The molecule has 11 heavy (non-hydrogen) atoms. The van der Waals surface area contributed by atoms with Crippen LogP contribution in [-0.4, -0.2) is 4.98 Å². The first kappa shape index (κ1) is 7.77. The van der Waals surface area contributed by atoms with Gasteiger partial charge in [0.1, 0.15) is 0 Å². The summed E-state index contributed by atoms with van der Waals surface area (Å²) in [5.41, 5.74) is 7.43. The minimum atomic E-state index is -0.330. The maximum absolute atomic E-state index is 5.57. The van der Waals surface area contributed by atoms with E-state index in [2.05, 4.69) is 10.9 Å². The van der Waals surface area contributed by atoms with Crippen LogP contribution in [0.2, 0.25) is 0 Å². The van der Waals surface area contributed by atoms with E-state index in [1.807, 2.05) is 19.1 Å². The number of nitrogens with zero attached hydrogens (tertiary/aromatic N) is 1. The van der Waals surface area contributed by atoms with Gasteiger partial charge in [0, 0.05) is 11.9 Å². The van der Waals surface area contributed by atoms with Crippen molar-refractivity contribution >= 4 is 0 Å². The average Bonchev–Trinajstić information content (AvgIpc) is 2.05. The van der Waals surface area contributed by atoms with Gasteiger partial charge in [0.15, 0.2) is 0 Å². The number of pyridine rings is 1. The summed E-state index contributed by atoms with van der Waals surface area (Å²) in [5, 5.41) is 0. The summed E-state index contributed by atoms with van der Waals surface area (Å²) in [5.74, 6) is 2.44. The summed E-state index contributed by atoms with van der Waals surface area (Å²) in [6.45, 7) is 1.92. The van der Waals surface area contributed by atoms with Crippen molar-refractivity contribution in [3.8, 4) is 12.3 Å². The molecule has 0 spiro atoms. The van der Waals surface area contributed by atoms with Crippen LogP contribution >= 0.6 is 0 Å². The van der Waals surface area contributed by atoms with E-state index in [0.717, 1.165) is 11.3 Å². The Bertz CT molecular complexity index is 269. The summed E-state index contributed by atoms with van der Waals surface area (Å²) in [6, 6.07) is 3.46. The minimum absolute atomic E-state index is 0.330. The number of hydrogen-bond donors (Lipinski definition) is 1. The van der Waals surface area contributed by atoms with E-state index in [9.17, 15) is 0 Å². The van der Waals surface area contributed by atoms with Crippen molar-refractivity contribution in [3.63, 3.8) is 0 Å². The van der Waals surface area contributed by atoms with Crippen molar-refractivity contribution in [3.05, 3.63) is 29.6 Å². The van der Waals surface area contributed by atoms with Crippen LogP contribution in [0.1, 0.15) is 17.3 Å². The lowest BCUT2D eigenvalue weighted by Gasteiger charge is -2.02. The summed E-state index contributed by atoms with van der Waals surface area (Å²) in [7, 11) is 0. The Labute approximate surface area is 66.4 Å². The molecule has 1 atom stereocenters. The fourth-order valence-electron chi connectivity index (χ4n) is 0.759. The second kappa shape index (κ2) is 3.18. The molecule has 1 unspecified atom stereocenters. The molecule has 0 amide bonds. The van der Waals surface area contributed by atoms with Crippen LogP contribution in [0.25, 0.3) is 0 Å². The second-order valence-electron chi connectivity index (χ2n) is 2.38. The first-order valence-corrected chi connectivity index (χ1v) is 3.38. The topological polar surface area (TPSA) is 38.9 Å². The van der Waals surface area contributed by atoms with Crippen LogP contribution in [0.5, 0.6) is 0 Å². The van der Waals surface area contributed by atoms with E-state index < -0.39 is 0 Å². The quantitative estimate of drug-likeness (QED) is 0.601. The van der Waals surface area contributed by atoms with Gasteiger partial charge in [0.05, 0.1) is 6.04 Å². The normalized spacial score (nSPS) is 12.1. The molecule has 0 aliphatic carbocycles. The molecular formula is C9H10N2. The standard InChI is InChI=1S/C9H10N2/c1-3-9(10)8-5-4-7(2)11-6-8/h1,4-6,9H,10H2,2H3. The molecule has 2 nitrogen and oxygen atoms in total. The van der Waals surface area contributed by atoms with E-state index in [1.54, 1.807) is 6.20 Å². The van der Waals surface area contributed by atoms with Gasteiger partial charge in [0.2, 0.25) is 0 Å². The molecule has 0 radical (unpaired) electrons. The van der Waals surface area contributed by atoms with Gasteiger partial charge in [0.25, 0.3) is 0 Å². The lowest BCUT2D eigenvalue weighted by molar-refractivity contribution is 0.929. The van der Waals surface area contributed by atoms with E-state index in [1.165, 1.54) is 0 Å². The lowest BCUT2D eigenvalue weighted by atomic mass is 10.1. The smallest absolute Gasteiger partial charge is 0.0933 e. The van der Waals surface area contributed by atoms with E-state index in [4.69, 9.17) is 12.2 Å². The first-order chi connectivity index (χ1) is 5.24. The minimum Gasteiger partial charge on any atom is -0.314 e. The molecule has 1 aromatic heterocycles. The molecule has 1 aromatic rings. The number of nitrogens with two attached hydrogens (primary N) is 1. The van der Waals surface area contributed by atoms with Gasteiger partial charge in [-0.2, -0.15) is 0 Å². The van der Waals surface area contributed by atoms with Gasteiger partial charge in [-0.25, -0.2) is 0 Å². The Balaban J connectivity index is 2.92. The monoisotopic (exact) mass is 146 g/mol. The van der Waals surface area contributed by atoms with Crippen LogP contribution in [0.3, 0.4) is 0 Å². The Hall–Kier alpha value is -1.33. The maximum atomic E-state index is 5.57. The van der Waals surface area contributed by atoms with Crippen LogP contribution in [0, 0.1) is 19.3 Å². The highest BCUT2D eigenvalue weighted by atomic mass is 14.7. The van der Waals surface area contributed by atoms with Gasteiger partial charge in [-0.3, -0.25) is 4.98 Å². The molecule has 0 fully saturated rings. The van der Waals surface area contributed by atoms with Crippen LogP contribution in [0.15, 0.2) is 18.3 Å². The molecule has 0 saturated heterocycles. The molecule has 0 saturated carbocycles. The van der Waals surface area contributed by atoms with Gasteiger partial charge < -0.3 is 5.73 Å². The van der Waals surface area contributed by atoms with Crippen molar-refractivity contribution in [1.29, 1.82) is 0 Å². The second-order valence-corrected chi connectivity index (χ2v) is 2.38. The van der Waals surface area contributed by atoms with Crippen LogP contribution < -0.4 is 5.73 Å². The first-order valence-electron chi connectivity index (χ1n) is 3.38. The van der Waals surface area contributed by atoms with Gasteiger partial charge >= 0.3 is 0 Å². The Morgan fingerprint density at radius 3 is 2.82 bits per heavy atom. The van der Waals surface area contributed by atoms with Gasteiger partial charge in [-0.05, 0) is 18.6 Å². The molecule has 1 rings (SSSR count). The zero-order chi connectivity index (χ0) is 8.27. The zero-order valence-corrected chi connectivity index (χ0v) is 6.41. The van der Waals surface area contributed by atoms with Crippen molar-refractivity contribution in [2.24, 2.45) is 5.73 Å². The molecule has 0 aromatic carbocycles. The highest BCUT2D eigenvalue weighted by Gasteiger charge is 1.99. The van der Waals surface area contributed by atoms with Crippen molar-refractivity contribution in [1.82, 2.24) is 4.98 Å². The number of terminal acetylenes is 1. The number of aromatic nitrogens is 1. The molecule has 1 heterocycles. The predicted molar refractivity (Wildman–Crippen MR) is 44.7 cm³/mol. The van der Waals surface area contributed by atoms with Crippen molar-refractivity contribution in [2.75, 3.05) is 0 Å². The number of rotatable bonds is 1. The Kier molecular flexibility index (Phi) is 2.25. The molecule has 2 heteroatoms. The third kappa shape index (κ3) is 1.79. The molecule has 2 N–H and O–H groups in total. The number of hydrogen-bond acceptors (Lipinski definition) is 2. The highest BCUT2D eigenvalue weighted by molar-refractivity contribution is 5.23. The van der Waals surface area contributed by atoms with Crippen LogP contribution in [0.4, 0.5) is 0 Å². The summed E-state index contributed by atoms with van der Waals surface area (Å²) in [6.07, 6.45) is 6.85. The lowest BCUT2D eigenvalue weighted by Crippen LogP contribution is -2.07. The average molecular weight is 146 g/mol.